The van der Waals surface area contributed by atoms with Crippen LogP contribution in [0.25, 0.3) is 0 Å². The van der Waals surface area contributed by atoms with Crippen molar-refractivity contribution >= 4 is 6.03 Å². The van der Waals surface area contributed by atoms with Gasteiger partial charge in [-0.05, 0) is 25.1 Å². The van der Waals surface area contributed by atoms with Crippen LogP contribution >= 0.6 is 0 Å². The highest BCUT2D eigenvalue weighted by Gasteiger charge is 2.30. The minimum Gasteiger partial charge on any atom is -0.481 e. The van der Waals surface area contributed by atoms with Crippen LogP contribution in [0.2, 0.25) is 0 Å². The van der Waals surface area contributed by atoms with Gasteiger partial charge in [-0.3, -0.25) is 0 Å². The molecule has 0 radical (unpaired) electrons. The van der Waals surface area contributed by atoms with Gasteiger partial charge in [0.05, 0.1) is 12.1 Å². The highest BCUT2D eigenvalue weighted by atomic mass is 19.4. The summed E-state index contributed by atoms with van der Waals surface area (Å²) in [5.41, 5.74) is -0.772. The van der Waals surface area contributed by atoms with Crippen molar-refractivity contribution in [3.63, 3.8) is 0 Å². The number of carbonyl (C=O) groups excluding carboxylic acids is 1. The fraction of sp³-hybridized carbons (Fsp3) is 0.357. The quantitative estimate of drug-likeness (QED) is 0.839. The molecule has 0 unspecified atom stereocenters. The molecular weight excluding hydrogens is 285 g/mol. The number of hydrogen-bond acceptors (Lipinski definition) is 2. The van der Waals surface area contributed by atoms with Crippen LogP contribution in [0, 0.1) is 11.8 Å². The molecule has 0 saturated carbocycles. The second kappa shape index (κ2) is 8.04. The third kappa shape index (κ3) is 6.56. The fourth-order valence-corrected chi connectivity index (χ4v) is 1.34. The van der Waals surface area contributed by atoms with Crippen molar-refractivity contribution < 1.29 is 22.7 Å². The van der Waals surface area contributed by atoms with E-state index in [9.17, 15) is 18.0 Å². The molecule has 1 aromatic carbocycles. The molecule has 21 heavy (non-hydrogen) atoms. The maximum Gasteiger partial charge on any atom is 0.416 e. The molecule has 2 amide bonds. The molecule has 0 spiro atoms. The second-order valence-electron chi connectivity index (χ2n) is 3.88. The van der Waals surface area contributed by atoms with E-state index in [2.05, 4.69) is 22.5 Å². The van der Waals surface area contributed by atoms with E-state index in [1.54, 1.807) is 6.92 Å². The van der Waals surface area contributed by atoms with Gasteiger partial charge in [-0.1, -0.05) is 17.9 Å². The standard InChI is InChI=1S/C14H15F3N2O2/c1-2-18-13(20)19-8-3-4-9-21-12-7-5-6-11(10-12)14(15,16)17/h5-7,10H,2,8-9H2,1H3,(H2,18,19,20). The van der Waals surface area contributed by atoms with E-state index in [4.69, 9.17) is 4.74 Å². The van der Waals surface area contributed by atoms with Crippen LogP contribution in [0.5, 0.6) is 5.75 Å². The number of carbonyl (C=O) groups is 1. The summed E-state index contributed by atoms with van der Waals surface area (Å²) < 4.78 is 42.5. The fourth-order valence-electron chi connectivity index (χ4n) is 1.34. The minimum atomic E-state index is -4.40. The average molecular weight is 300 g/mol. The predicted octanol–water partition coefficient (Wildman–Crippen LogP) is 2.41. The molecule has 1 rings (SSSR count). The zero-order valence-electron chi connectivity index (χ0n) is 11.4. The maximum atomic E-state index is 12.5. The van der Waals surface area contributed by atoms with Crippen molar-refractivity contribution in [3.8, 4) is 17.6 Å². The van der Waals surface area contributed by atoms with Gasteiger partial charge in [0, 0.05) is 6.54 Å². The second-order valence-corrected chi connectivity index (χ2v) is 3.88. The molecule has 4 nitrogen and oxygen atoms in total. The maximum absolute atomic E-state index is 12.5. The third-order valence-electron chi connectivity index (χ3n) is 2.27. The molecular formula is C14H15F3N2O2. The van der Waals surface area contributed by atoms with E-state index in [0.717, 1.165) is 12.1 Å². The summed E-state index contributed by atoms with van der Waals surface area (Å²) in [7, 11) is 0. The monoisotopic (exact) mass is 300 g/mol. The van der Waals surface area contributed by atoms with E-state index in [1.165, 1.54) is 12.1 Å². The lowest BCUT2D eigenvalue weighted by atomic mass is 10.2. The number of amides is 2. The van der Waals surface area contributed by atoms with Crippen molar-refractivity contribution in [2.24, 2.45) is 0 Å². The Bertz CT molecular complexity index is 533. The van der Waals surface area contributed by atoms with Crippen LogP contribution in [0.15, 0.2) is 24.3 Å². The average Bonchev–Trinajstić information content (AvgIpc) is 2.42. The lowest BCUT2D eigenvalue weighted by molar-refractivity contribution is -0.137. The lowest BCUT2D eigenvalue weighted by Crippen LogP contribution is -2.35. The molecule has 7 heteroatoms. The summed E-state index contributed by atoms with van der Waals surface area (Å²) in [5.74, 6) is 5.31. The van der Waals surface area contributed by atoms with Gasteiger partial charge >= 0.3 is 12.2 Å². The molecule has 1 aromatic rings. The van der Waals surface area contributed by atoms with E-state index >= 15 is 0 Å². The summed E-state index contributed by atoms with van der Waals surface area (Å²) in [5, 5.41) is 5.01. The molecule has 0 heterocycles. The van der Waals surface area contributed by atoms with Crippen LogP contribution in [0.4, 0.5) is 18.0 Å². The molecule has 0 aliphatic heterocycles. The molecule has 0 atom stereocenters. The lowest BCUT2D eigenvalue weighted by Gasteiger charge is -2.08. The molecule has 0 aromatic heterocycles. The molecule has 0 saturated heterocycles. The van der Waals surface area contributed by atoms with Crippen LogP contribution in [0.3, 0.4) is 0 Å². The smallest absolute Gasteiger partial charge is 0.416 e. The number of urea groups is 1. The summed E-state index contributed by atoms with van der Waals surface area (Å²) in [6.45, 7) is 2.38. The summed E-state index contributed by atoms with van der Waals surface area (Å²) in [6, 6.07) is 4.24. The normalized spacial score (nSPS) is 10.3. The molecule has 0 aliphatic carbocycles. The van der Waals surface area contributed by atoms with Gasteiger partial charge in [-0.15, -0.1) is 0 Å². The Hall–Kier alpha value is -2.36. The highest BCUT2D eigenvalue weighted by molar-refractivity contribution is 5.73. The summed E-state index contributed by atoms with van der Waals surface area (Å²) in [4.78, 5) is 11.0. The molecule has 0 bridgehead atoms. The molecule has 2 N–H and O–H groups in total. The Morgan fingerprint density at radius 1 is 1.29 bits per heavy atom. The molecule has 114 valence electrons. The number of benzene rings is 1. The Kier molecular flexibility index (Phi) is 6.40. The SMILES string of the molecule is CCNC(=O)NCC#CCOc1cccc(C(F)(F)F)c1. The molecule has 0 fully saturated rings. The number of ether oxygens (including phenoxy) is 1. The van der Waals surface area contributed by atoms with E-state index in [-0.39, 0.29) is 24.9 Å². The Morgan fingerprint density at radius 2 is 2.05 bits per heavy atom. The van der Waals surface area contributed by atoms with Gasteiger partial charge in [0.1, 0.15) is 12.4 Å². The van der Waals surface area contributed by atoms with Gasteiger partial charge in [0.25, 0.3) is 0 Å². The summed E-state index contributed by atoms with van der Waals surface area (Å²) >= 11 is 0. The van der Waals surface area contributed by atoms with Crippen molar-refractivity contribution in [1.82, 2.24) is 10.6 Å². The highest BCUT2D eigenvalue weighted by Crippen LogP contribution is 2.31. The van der Waals surface area contributed by atoms with E-state index in [1.807, 2.05) is 0 Å². The van der Waals surface area contributed by atoms with Crippen LogP contribution in [0.1, 0.15) is 12.5 Å². The van der Waals surface area contributed by atoms with Crippen molar-refractivity contribution in [2.45, 2.75) is 13.1 Å². The predicted molar refractivity (Wildman–Crippen MR) is 71.8 cm³/mol. The van der Waals surface area contributed by atoms with Crippen LogP contribution in [-0.4, -0.2) is 25.7 Å². The first-order chi connectivity index (χ1) is 9.93. The topological polar surface area (TPSA) is 50.4 Å². The molecule has 0 aliphatic rings. The largest absolute Gasteiger partial charge is 0.481 e. The Morgan fingerprint density at radius 3 is 2.71 bits per heavy atom. The van der Waals surface area contributed by atoms with E-state index < -0.39 is 11.7 Å². The van der Waals surface area contributed by atoms with Gasteiger partial charge < -0.3 is 15.4 Å². The zero-order valence-corrected chi connectivity index (χ0v) is 11.4. The number of alkyl halides is 3. The number of nitrogens with one attached hydrogen (secondary N) is 2. The van der Waals surface area contributed by atoms with Gasteiger partial charge in [-0.25, -0.2) is 4.79 Å². The first-order valence-electron chi connectivity index (χ1n) is 6.21. The van der Waals surface area contributed by atoms with Gasteiger partial charge in [-0.2, -0.15) is 13.2 Å². The van der Waals surface area contributed by atoms with Gasteiger partial charge in [0.2, 0.25) is 0 Å². The van der Waals surface area contributed by atoms with Crippen LogP contribution in [-0.2, 0) is 6.18 Å². The Labute approximate surface area is 120 Å². The number of hydrogen-bond donors (Lipinski definition) is 2. The Balaban J connectivity index is 2.38. The van der Waals surface area contributed by atoms with Crippen molar-refractivity contribution in [1.29, 1.82) is 0 Å². The van der Waals surface area contributed by atoms with Gasteiger partial charge in [0.15, 0.2) is 0 Å². The van der Waals surface area contributed by atoms with Crippen LogP contribution < -0.4 is 15.4 Å². The third-order valence-corrected chi connectivity index (χ3v) is 2.27. The van der Waals surface area contributed by atoms with E-state index in [0.29, 0.717) is 6.54 Å². The summed E-state index contributed by atoms with van der Waals surface area (Å²) in [6.07, 6.45) is -4.40. The first kappa shape index (κ1) is 16.7. The van der Waals surface area contributed by atoms with Crippen molar-refractivity contribution in [2.75, 3.05) is 19.7 Å². The number of rotatable bonds is 4. The van der Waals surface area contributed by atoms with Crippen molar-refractivity contribution in [3.05, 3.63) is 29.8 Å². The zero-order chi connectivity index (χ0) is 15.7. The minimum absolute atomic E-state index is 0.0572. The number of halogens is 3. The first-order valence-corrected chi connectivity index (χ1v) is 6.21.